The van der Waals surface area contributed by atoms with Crippen LogP contribution in [0.2, 0.25) is 0 Å². The Kier molecular flexibility index (Phi) is 6.85. The minimum Gasteiger partial charge on any atom is -0.355 e. The fraction of sp³-hybridized carbons (Fsp3) is 0.909. The highest BCUT2D eigenvalue weighted by molar-refractivity contribution is 8.00. The van der Waals surface area contributed by atoms with Crippen LogP contribution in [0.4, 0.5) is 13.2 Å². The summed E-state index contributed by atoms with van der Waals surface area (Å²) in [5, 5.41) is 5.78. The number of alkyl halides is 3. The van der Waals surface area contributed by atoms with Gasteiger partial charge in [-0.3, -0.25) is 4.79 Å². The fourth-order valence-corrected chi connectivity index (χ4v) is 2.39. The minimum atomic E-state index is -4.21. The molecule has 0 saturated carbocycles. The van der Waals surface area contributed by atoms with E-state index in [-0.39, 0.29) is 30.0 Å². The number of halogens is 3. The van der Waals surface area contributed by atoms with Gasteiger partial charge in [0.15, 0.2) is 0 Å². The van der Waals surface area contributed by atoms with Gasteiger partial charge < -0.3 is 10.6 Å². The van der Waals surface area contributed by atoms with Gasteiger partial charge in [0, 0.05) is 18.7 Å². The van der Waals surface area contributed by atoms with Gasteiger partial charge in [0.25, 0.3) is 0 Å². The maximum absolute atomic E-state index is 11.8. The summed E-state index contributed by atoms with van der Waals surface area (Å²) in [6, 6.07) is 0. The zero-order valence-electron chi connectivity index (χ0n) is 10.2. The van der Waals surface area contributed by atoms with Crippen molar-refractivity contribution in [2.24, 2.45) is 5.92 Å². The quantitative estimate of drug-likeness (QED) is 0.734. The van der Waals surface area contributed by atoms with E-state index in [0.717, 1.165) is 32.4 Å². The van der Waals surface area contributed by atoms with Crippen molar-refractivity contribution in [2.75, 3.05) is 25.4 Å². The Morgan fingerprint density at radius 2 is 2.22 bits per heavy atom. The Hall–Kier alpha value is -0.430. The third-order valence-electron chi connectivity index (χ3n) is 2.87. The molecule has 0 aromatic carbocycles. The Morgan fingerprint density at radius 3 is 2.83 bits per heavy atom. The molecule has 1 atom stereocenters. The van der Waals surface area contributed by atoms with Crippen LogP contribution in [0.3, 0.4) is 0 Å². The van der Waals surface area contributed by atoms with Crippen LogP contribution >= 0.6 is 11.8 Å². The highest BCUT2D eigenvalue weighted by Gasteiger charge is 2.27. The van der Waals surface area contributed by atoms with Crippen LogP contribution in [0, 0.1) is 5.92 Å². The molecule has 1 rings (SSSR count). The van der Waals surface area contributed by atoms with Crippen molar-refractivity contribution in [2.45, 2.75) is 31.2 Å². The molecule has 0 aromatic rings. The van der Waals surface area contributed by atoms with E-state index in [2.05, 4.69) is 10.6 Å². The summed E-state index contributed by atoms with van der Waals surface area (Å²) >= 11 is -0.103. The molecule has 2 N–H and O–H groups in total. The number of amides is 1. The predicted molar refractivity (Wildman–Crippen MR) is 66.4 cm³/mol. The molecular weight excluding hydrogens is 265 g/mol. The van der Waals surface area contributed by atoms with Gasteiger partial charge in [-0.05, 0) is 50.0 Å². The molecule has 0 radical (unpaired) electrons. The van der Waals surface area contributed by atoms with Crippen molar-refractivity contribution in [1.29, 1.82) is 0 Å². The van der Waals surface area contributed by atoms with Crippen LogP contribution < -0.4 is 10.6 Å². The largest absolute Gasteiger partial charge is 0.441 e. The molecular formula is C11H19F3N2OS. The van der Waals surface area contributed by atoms with E-state index in [1.54, 1.807) is 0 Å². The van der Waals surface area contributed by atoms with E-state index >= 15 is 0 Å². The zero-order valence-corrected chi connectivity index (χ0v) is 11.0. The lowest BCUT2D eigenvalue weighted by atomic mass is 9.94. The van der Waals surface area contributed by atoms with E-state index < -0.39 is 5.51 Å². The predicted octanol–water partition coefficient (Wildman–Crippen LogP) is 2.14. The second-order valence-electron chi connectivity index (χ2n) is 4.40. The van der Waals surface area contributed by atoms with Gasteiger partial charge in [-0.25, -0.2) is 0 Å². The normalized spacial score (nSPS) is 20.7. The average molecular weight is 284 g/mol. The van der Waals surface area contributed by atoms with Crippen LogP contribution in [0.25, 0.3) is 0 Å². The SMILES string of the molecule is O=C(CCC1CCCNC1)NCCSC(F)(F)F. The summed E-state index contributed by atoms with van der Waals surface area (Å²) in [5.74, 6) is 0.248. The number of piperidine rings is 1. The standard InChI is InChI=1S/C11H19F3N2OS/c12-11(13,14)18-7-6-16-10(17)4-3-9-2-1-5-15-8-9/h9,15H,1-8H2,(H,16,17). The van der Waals surface area contributed by atoms with Crippen molar-refractivity contribution in [1.82, 2.24) is 10.6 Å². The first-order chi connectivity index (χ1) is 8.47. The molecule has 1 aliphatic rings. The van der Waals surface area contributed by atoms with E-state index in [1.807, 2.05) is 0 Å². The molecule has 1 unspecified atom stereocenters. The number of hydrogen-bond acceptors (Lipinski definition) is 3. The number of hydrogen-bond donors (Lipinski definition) is 2. The van der Waals surface area contributed by atoms with Crippen LogP contribution in [0.5, 0.6) is 0 Å². The van der Waals surface area contributed by atoms with Gasteiger partial charge in [0.1, 0.15) is 0 Å². The Balaban J connectivity index is 2.00. The number of carbonyl (C=O) groups excluding carboxylic acids is 1. The van der Waals surface area contributed by atoms with Crippen molar-refractivity contribution in [3.8, 4) is 0 Å². The molecule has 1 fully saturated rings. The smallest absolute Gasteiger partial charge is 0.355 e. The van der Waals surface area contributed by atoms with Crippen molar-refractivity contribution in [3.05, 3.63) is 0 Å². The highest BCUT2D eigenvalue weighted by atomic mass is 32.2. The molecule has 0 bridgehead atoms. The molecule has 18 heavy (non-hydrogen) atoms. The lowest BCUT2D eigenvalue weighted by Gasteiger charge is -2.22. The summed E-state index contributed by atoms with van der Waals surface area (Å²) in [4.78, 5) is 11.4. The second-order valence-corrected chi connectivity index (χ2v) is 5.56. The lowest BCUT2D eigenvalue weighted by molar-refractivity contribution is -0.121. The third kappa shape index (κ3) is 7.81. The van der Waals surface area contributed by atoms with E-state index in [4.69, 9.17) is 0 Å². The maximum atomic E-state index is 11.8. The lowest BCUT2D eigenvalue weighted by Crippen LogP contribution is -2.31. The first-order valence-electron chi connectivity index (χ1n) is 6.15. The van der Waals surface area contributed by atoms with Gasteiger partial charge in [0.05, 0.1) is 0 Å². The van der Waals surface area contributed by atoms with Gasteiger partial charge in [0.2, 0.25) is 5.91 Å². The first kappa shape index (κ1) is 15.6. The summed E-state index contributed by atoms with van der Waals surface area (Å²) < 4.78 is 35.4. The molecule has 7 heteroatoms. The van der Waals surface area contributed by atoms with E-state index in [9.17, 15) is 18.0 Å². The summed E-state index contributed by atoms with van der Waals surface area (Å²) in [6.45, 7) is 2.06. The number of thioether (sulfide) groups is 1. The fourth-order valence-electron chi connectivity index (χ4n) is 1.95. The Bertz CT molecular complexity index is 255. The van der Waals surface area contributed by atoms with E-state index in [1.165, 1.54) is 0 Å². The topological polar surface area (TPSA) is 41.1 Å². The number of nitrogens with one attached hydrogen (secondary N) is 2. The molecule has 1 amide bonds. The van der Waals surface area contributed by atoms with Gasteiger partial charge >= 0.3 is 5.51 Å². The van der Waals surface area contributed by atoms with Crippen molar-refractivity contribution < 1.29 is 18.0 Å². The monoisotopic (exact) mass is 284 g/mol. The van der Waals surface area contributed by atoms with Crippen LogP contribution in [-0.4, -0.2) is 36.8 Å². The molecule has 1 heterocycles. The van der Waals surface area contributed by atoms with Crippen LogP contribution in [0.1, 0.15) is 25.7 Å². The first-order valence-corrected chi connectivity index (χ1v) is 7.14. The Labute approximate surface area is 109 Å². The number of carbonyl (C=O) groups is 1. The molecule has 0 spiro atoms. The molecule has 1 saturated heterocycles. The molecule has 106 valence electrons. The summed E-state index contributed by atoms with van der Waals surface area (Å²) in [6.07, 6.45) is 3.48. The second kappa shape index (κ2) is 7.89. The molecule has 3 nitrogen and oxygen atoms in total. The molecule has 0 aromatic heterocycles. The summed E-state index contributed by atoms with van der Waals surface area (Å²) in [7, 11) is 0. The Morgan fingerprint density at radius 1 is 1.44 bits per heavy atom. The maximum Gasteiger partial charge on any atom is 0.441 e. The van der Waals surface area contributed by atoms with Crippen molar-refractivity contribution >= 4 is 17.7 Å². The zero-order chi connectivity index (χ0) is 13.4. The molecule has 0 aliphatic carbocycles. The third-order valence-corrected chi connectivity index (χ3v) is 3.60. The van der Waals surface area contributed by atoms with Gasteiger partial charge in [-0.15, -0.1) is 0 Å². The average Bonchev–Trinajstić information content (AvgIpc) is 2.32. The van der Waals surface area contributed by atoms with Gasteiger partial charge in [-0.1, -0.05) is 0 Å². The highest BCUT2D eigenvalue weighted by Crippen LogP contribution is 2.29. The van der Waals surface area contributed by atoms with Gasteiger partial charge in [-0.2, -0.15) is 13.2 Å². The minimum absolute atomic E-state index is 0.0753. The van der Waals surface area contributed by atoms with E-state index in [0.29, 0.717) is 12.3 Å². The number of rotatable bonds is 6. The molecule has 1 aliphatic heterocycles. The van der Waals surface area contributed by atoms with Crippen molar-refractivity contribution in [3.63, 3.8) is 0 Å². The van der Waals surface area contributed by atoms with Crippen LogP contribution in [-0.2, 0) is 4.79 Å². The van der Waals surface area contributed by atoms with Crippen LogP contribution in [0.15, 0.2) is 0 Å². The summed E-state index contributed by atoms with van der Waals surface area (Å²) in [5.41, 5.74) is -4.21.